The molecular weight excluding hydrogens is 232 g/mol. The minimum absolute atomic E-state index is 0.217. The van der Waals surface area contributed by atoms with Gasteiger partial charge in [0, 0.05) is 13.7 Å². The fraction of sp³-hybridized carbons (Fsp3) is 0.700. The summed E-state index contributed by atoms with van der Waals surface area (Å²) in [5.74, 6) is 0. The lowest BCUT2D eigenvalue weighted by Gasteiger charge is -2.13. The summed E-state index contributed by atoms with van der Waals surface area (Å²) < 4.78 is 11.7. The van der Waals surface area contributed by atoms with E-state index in [0.29, 0.717) is 30.5 Å². The van der Waals surface area contributed by atoms with Crippen molar-refractivity contribution < 1.29 is 14.6 Å². The Labute approximate surface area is 99.9 Å². The highest BCUT2D eigenvalue weighted by Crippen LogP contribution is 2.22. The molecule has 0 aliphatic carbocycles. The second kappa shape index (κ2) is 6.85. The molecule has 0 aliphatic heterocycles. The van der Waals surface area contributed by atoms with Crippen LogP contribution in [0, 0.1) is 0 Å². The molecule has 1 N–H and O–H groups in total. The highest BCUT2D eigenvalue weighted by atomic mass is 35.5. The lowest BCUT2D eigenvalue weighted by atomic mass is 10.2. The molecule has 0 aliphatic rings. The minimum atomic E-state index is -0.758. The molecule has 0 aromatic carbocycles. The quantitative estimate of drug-likeness (QED) is 0.789. The second-order valence-electron chi connectivity index (χ2n) is 3.27. The van der Waals surface area contributed by atoms with Crippen molar-refractivity contribution in [2.45, 2.75) is 19.6 Å². The van der Waals surface area contributed by atoms with Crippen molar-refractivity contribution in [1.82, 2.24) is 9.78 Å². The Bertz CT molecular complexity index is 317. The van der Waals surface area contributed by atoms with Crippen LogP contribution in [0.25, 0.3) is 0 Å². The number of ether oxygens (including phenoxy) is 2. The van der Waals surface area contributed by atoms with E-state index in [4.69, 9.17) is 21.1 Å². The molecule has 1 rings (SSSR count). The zero-order valence-electron chi connectivity index (χ0n) is 9.52. The fourth-order valence-corrected chi connectivity index (χ4v) is 1.63. The number of methoxy groups -OCH3 is 1. The van der Waals surface area contributed by atoms with Crippen molar-refractivity contribution in [3.63, 3.8) is 0 Å². The van der Waals surface area contributed by atoms with Gasteiger partial charge in [0.1, 0.15) is 6.10 Å². The maximum atomic E-state index is 9.89. The Kier molecular flexibility index (Phi) is 5.76. The third-order valence-corrected chi connectivity index (χ3v) is 2.43. The lowest BCUT2D eigenvalue weighted by molar-refractivity contribution is 0.0364. The van der Waals surface area contributed by atoms with Gasteiger partial charge in [0.05, 0.1) is 36.7 Å². The van der Waals surface area contributed by atoms with Gasteiger partial charge < -0.3 is 14.6 Å². The Hall–Kier alpha value is -0.620. The summed E-state index contributed by atoms with van der Waals surface area (Å²) in [6, 6.07) is 0. The molecule has 0 saturated heterocycles. The number of hydrogen-bond donors (Lipinski definition) is 1. The first-order valence-corrected chi connectivity index (χ1v) is 5.54. The molecule has 1 heterocycles. The van der Waals surface area contributed by atoms with Gasteiger partial charge in [-0.3, -0.25) is 4.68 Å². The van der Waals surface area contributed by atoms with Crippen LogP contribution in [0.4, 0.5) is 0 Å². The topological polar surface area (TPSA) is 56.5 Å². The van der Waals surface area contributed by atoms with E-state index < -0.39 is 6.10 Å². The van der Waals surface area contributed by atoms with Crippen LogP contribution in [0.3, 0.4) is 0 Å². The lowest BCUT2D eigenvalue weighted by Crippen LogP contribution is -2.16. The maximum Gasteiger partial charge on any atom is 0.120 e. The number of aliphatic hydroxyl groups is 1. The number of hydrogen-bond acceptors (Lipinski definition) is 4. The summed E-state index contributed by atoms with van der Waals surface area (Å²) in [4.78, 5) is 0. The predicted molar refractivity (Wildman–Crippen MR) is 60.6 cm³/mol. The zero-order valence-corrected chi connectivity index (χ0v) is 10.3. The van der Waals surface area contributed by atoms with Crippen LogP contribution in [-0.4, -0.2) is 41.8 Å². The molecule has 6 heteroatoms. The molecular formula is C10H17ClN2O3. The van der Waals surface area contributed by atoms with Gasteiger partial charge in [-0.1, -0.05) is 11.6 Å². The first-order valence-electron chi connectivity index (χ1n) is 5.16. The van der Waals surface area contributed by atoms with Crippen molar-refractivity contribution in [2.75, 3.05) is 26.9 Å². The van der Waals surface area contributed by atoms with E-state index in [1.165, 1.54) is 6.20 Å². The SMILES string of the molecule is CCOCC(O)c1c(Cl)cnn1CCOC. The Morgan fingerprint density at radius 3 is 3.00 bits per heavy atom. The first kappa shape index (κ1) is 13.4. The van der Waals surface area contributed by atoms with Gasteiger partial charge in [0.25, 0.3) is 0 Å². The Morgan fingerprint density at radius 1 is 1.62 bits per heavy atom. The van der Waals surface area contributed by atoms with Crippen LogP contribution in [0.2, 0.25) is 5.02 Å². The van der Waals surface area contributed by atoms with Gasteiger partial charge >= 0.3 is 0 Å². The van der Waals surface area contributed by atoms with E-state index in [-0.39, 0.29) is 6.61 Å². The molecule has 0 fully saturated rings. The number of rotatable bonds is 7. The smallest absolute Gasteiger partial charge is 0.120 e. The summed E-state index contributed by atoms with van der Waals surface area (Å²) in [7, 11) is 1.61. The van der Waals surface area contributed by atoms with E-state index in [1.54, 1.807) is 11.8 Å². The van der Waals surface area contributed by atoms with Crippen molar-refractivity contribution in [2.24, 2.45) is 0 Å². The number of halogens is 1. The van der Waals surface area contributed by atoms with E-state index >= 15 is 0 Å². The molecule has 1 aromatic rings. The summed E-state index contributed by atoms with van der Waals surface area (Å²) in [6.45, 7) is 3.72. The average Bonchev–Trinajstić information content (AvgIpc) is 2.64. The Morgan fingerprint density at radius 2 is 2.38 bits per heavy atom. The molecule has 1 aromatic heterocycles. The minimum Gasteiger partial charge on any atom is -0.384 e. The molecule has 0 amide bonds. The van der Waals surface area contributed by atoms with Gasteiger partial charge in [-0.15, -0.1) is 0 Å². The molecule has 0 spiro atoms. The molecule has 1 atom stereocenters. The van der Waals surface area contributed by atoms with Crippen molar-refractivity contribution in [1.29, 1.82) is 0 Å². The van der Waals surface area contributed by atoms with Crippen LogP contribution >= 0.6 is 11.6 Å². The highest BCUT2D eigenvalue weighted by molar-refractivity contribution is 6.31. The highest BCUT2D eigenvalue weighted by Gasteiger charge is 2.17. The number of aliphatic hydroxyl groups excluding tert-OH is 1. The standard InChI is InChI=1S/C10H17ClN2O3/c1-3-16-7-9(14)10-8(11)6-12-13(10)4-5-15-2/h6,9,14H,3-5,7H2,1-2H3. The Balaban J connectivity index is 2.71. The molecule has 0 radical (unpaired) electrons. The number of nitrogens with zero attached hydrogens (tertiary/aromatic N) is 2. The van der Waals surface area contributed by atoms with Gasteiger partial charge in [-0.05, 0) is 6.92 Å². The van der Waals surface area contributed by atoms with Crippen LogP contribution < -0.4 is 0 Å². The maximum absolute atomic E-state index is 9.89. The summed E-state index contributed by atoms with van der Waals surface area (Å²) in [6.07, 6.45) is 0.758. The molecule has 1 unspecified atom stereocenters. The van der Waals surface area contributed by atoms with Gasteiger partial charge in [-0.25, -0.2) is 0 Å². The first-order chi connectivity index (χ1) is 7.70. The van der Waals surface area contributed by atoms with Crippen LogP contribution in [0.1, 0.15) is 18.7 Å². The third kappa shape index (κ3) is 3.45. The van der Waals surface area contributed by atoms with Crippen LogP contribution in [-0.2, 0) is 16.0 Å². The molecule has 0 saturated carbocycles. The molecule has 16 heavy (non-hydrogen) atoms. The molecule has 92 valence electrons. The van der Waals surface area contributed by atoms with E-state index in [1.807, 2.05) is 6.92 Å². The van der Waals surface area contributed by atoms with Crippen LogP contribution in [0.15, 0.2) is 6.20 Å². The summed E-state index contributed by atoms with van der Waals surface area (Å²) >= 11 is 5.96. The van der Waals surface area contributed by atoms with Crippen molar-refractivity contribution >= 4 is 11.6 Å². The fourth-order valence-electron chi connectivity index (χ4n) is 1.37. The average molecular weight is 249 g/mol. The second-order valence-corrected chi connectivity index (χ2v) is 3.68. The normalized spacial score (nSPS) is 13.0. The molecule has 0 bridgehead atoms. The largest absolute Gasteiger partial charge is 0.384 e. The predicted octanol–water partition coefficient (Wildman–Crippen LogP) is 1.25. The molecule has 5 nitrogen and oxygen atoms in total. The van der Waals surface area contributed by atoms with Gasteiger partial charge in [0.2, 0.25) is 0 Å². The van der Waals surface area contributed by atoms with Gasteiger partial charge in [0.15, 0.2) is 0 Å². The van der Waals surface area contributed by atoms with Gasteiger partial charge in [-0.2, -0.15) is 5.10 Å². The van der Waals surface area contributed by atoms with E-state index in [2.05, 4.69) is 5.10 Å². The summed E-state index contributed by atoms with van der Waals surface area (Å²) in [5.41, 5.74) is 0.576. The zero-order chi connectivity index (χ0) is 12.0. The van der Waals surface area contributed by atoms with E-state index in [9.17, 15) is 5.11 Å². The van der Waals surface area contributed by atoms with E-state index in [0.717, 1.165) is 0 Å². The number of aromatic nitrogens is 2. The van der Waals surface area contributed by atoms with Crippen LogP contribution in [0.5, 0.6) is 0 Å². The summed E-state index contributed by atoms with van der Waals surface area (Å²) in [5, 5.41) is 14.4. The monoisotopic (exact) mass is 248 g/mol. The van der Waals surface area contributed by atoms with Crippen molar-refractivity contribution in [3.8, 4) is 0 Å². The van der Waals surface area contributed by atoms with Crippen molar-refractivity contribution in [3.05, 3.63) is 16.9 Å². The third-order valence-electron chi connectivity index (χ3n) is 2.14.